The maximum Gasteiger partial charge on any atom is 0.431 e. The molecule has 0 amide bonds. The van der Waals surface area contributed by atoms with Gasteiger partial charge in [-0.05, 0) is 13.0 Å². The van der Waals surface area contributed by atoms with Gasteiger partial charge in [-0.1, -0.05) is 0 Å². The van der Waals surface area contributed by atoms with Crippen LogP contribution in [0, 0.1) is 5.92 Å². The third kappa shape index (κ3) is 8.64. The molecule has 0 saturated carbocycles. The SMILES string of the molecule is NCCCNS(=O)(=O)CCC(F)(F)CC(CC(F)(C(F)(F)F)C(F)(F)F)C(F)(F)F. The molecule has 0 aromatic rings. The molecule has 1 atom stereocenters. The summed E-state index contributed by atoms with van der Waals surface area (Å²) in [6.07, 6.45) is -27.6. The van der Waals surface area contributed by atoms with Crippen LogP contribution in [0.5, 0.6) is 0 Å². The van der Waals surface area contributed by atoms with Crippen LogP contribution in [0.1, 0.15) is 25.7 Å². The molecule has 0 aliphatic rings. The molecule has 0 aliphatic heterocycles. The fourth-order valence-electron chi connectivity index (χ4n) is 2.18. The molecule has 3 N–H and O–H groups in total. The first-order chi connectivity index (χ1) is 13.1. The van der Waals surface area contributed by atoms with E-state index in [-0.39, 0.29) is 19.5 Å². The van der Waals surface area contributed by atoms with Crippen molar-refractivity contribution in [3.05, 3.63) is 0 Å². The Balaban J connectivity index is 5.53. The van der Waals surface area contributed by atoms with Crippen molar-refractivity contribution in [3.63, 3.8) is 0 Å². The number of alkyl halides is 12. The number of hydrogen-bond donors (Lipinski definition) is 2. The van der Waals surface area contributed by atoms with Gasteiger partial charge in [0.1, 0.15) is 0 Å². The summed E-state index contributed by atoms with van der Waals surface area (Å²) in [7, 11) is -4.44. The average Bonchev–Trinajstić information content (AvgIpc) is 2.49. The molecule has 0 spiro atoms. The second-order valence-electron chi connectivity index (χ2n) is 6.40. The number of sulfonamides is 1. The quantitative estimate of drug-likeness (QED) is 0.336. The molecule has 30 heavy (non-hydrogen) atoms. The van der Waals surface area contributed by atoms with Crippen LogP contribution in [-0.4, -0.2) is 57.4 Å². The molecule has 0 saturated heterocycles. The van der Waals surface area contributed by atoms with Crippen molar-refractivity contribution in [1.82, 2.24) is 4.72 Å². The number of nitrogens with one attached hydrogen (secondary N) is 1. The maximum absolute atomic E-state index is 13.8. The van der Waals surface area contributed by atoms with Gasteiger partial charge in [0.25, 0.3) is 5.67 Å². The first-order valence-electron chi connectivity index (χ1n) is 8.02. The number of rotatable bonds is 11. The van der Waals surface area contributed by atoms with E-state index in [4.69, 9.17) is 5.73 Å². The van der Waals surface area contributed by atoms with Crippen molar-refractivity contribution in [1.29, 1.82) is 0 Å². The molecule has 0 heterocycles. The van der Waals surface area contributed by atoms with Gasteiger partial charge in [-0.2, -0.15) is 39.5 Å². The van der Waals surface area contributed by atoms with E-state index in [1.54, 1.807) is 4.72 Å². The number of hydrogen-bond acceptors (Lipinski definition) is 3. The summed E-state index contributed by atoms with van der Waals surface area (Å²) >= 11 is 0. The molecule has 0 fully saturated rings. The summed E-state index contributed by atoms with van der Waals surface area (Å²) in [5.74, 6) is -10.2. The number of nitrogens with two attached hydrogens (primary N) is 1. The van der Waals surface area contributed by atoms with Crippen LogP contribution in [0.4, 0.5) is 52.7 Å². The van der Waals surface area contributed by atoms with Crippen LogP contribution in [-0.2, 0) is 10.0 Å². The van der Waals surface area contributed by atoms with Crippen LogP contribution in [0.15, 0.2) is 0 Å². The molecule has 0 aromatic carbocycles. The van der Waals surface area contributed by atoms with Gasteiger partial charge in [-0.25, -0.2) is 26.3 Å². The van der Waals surface area contributed by atoms with Crippen molar-refractivity contribution in [2.45, 2.75) is 55.8 Å². The van der Waals surface area contributed by atoms with Crippen LogP contribution < -0.4 is 10.5 Å². The van der Waals surface area contributed by atoms with Crippen molar-refractivity contribution in [2.75, 3.05) is 18.8 Å². The van der Waals surface area contributed by atoms with Crippen LogP contribution >= 0.6 is 0 Å². The lowest BCUT2D eigenvalue weighted by atomic mass is 9.86. The van der Waals surface area contributed by atoms with E-state index in [9.17, 15) is 61.1 Å². The van der Waals surface area contributed by atoms with Gasteiger partial charge in [-0.3, -0.25) is 0 Å². The van der Waals surface area contributed by atoms with E-state index in [0.29, 0.717) is 0 Å². The third-order valence-electron chi connectivity index (χ3n) is 3.87. The Labute approximate surface area is 163 Å². The van der Waals surface area contributed by atoms with E-state index in [2.05, 4.69) is 0 Å². The Morgan fingerprint density at radius 3 is 1.63 bits per heavy atom. The molecule has 0 bridgehead atoms. The predicted octanol–water partition coefficient (Wildman–Crippen LogP) is 4.07. The van der Waals surface area contributed by atoms with Crippen molar-refractivity contribution in [2.24, 2.45) is 11.7 Å². The minimum Gasteiger partial charge on any atom is -0.330 e. The highest BCUT2D eigenvalue weighted by Gasteiger charge is 2.74. The second kappa shape index (κ2) is 9.67. The smallest absolute Gasteiger partial charge is 0.330 e. The zero-order valence-electron chi connectivity index (χ0n) is 14.9. The van der Waals surface area contributed by atoms with E-state index in [0.717, 1.165) is 0 Å². The normalized spacial score (nSPS) is 16.0. The summed E-state index contributed by atoms with van der Waals surface area (Å²) in [5, 5.41) is 0. The Kier molecular flexibility index (Phi) is 9.35. The molecule has 17 heteroatoms. The molecule has 0 aliphatic carbocycles. The van der Waals surface area contributed by atoms with Gasteiger partial charge in [0.05, 0.1) is 11.7 Å². The largest absolute Gasteiger partial charge is 0.431 e. The summed E-state index contributed by atoms with van der Waals surface area (Å²) in [6, 6.07) is 0. The summed E-state index contributed by atoms with van der Waals surface area (Å²) < 4.78 is 179. The minimum atomic E-state index is -6.86. The average molecular weight is 494 g/mol. The summed E-state index contributed by atoms with van der Waals surface area (Å²) in [4.78, 5) is 0. The Hall–Kier alpha value is -0.970. The highest BCUT2D eigenvalue weighted by Crippen LogP contribution is 2.53. The highest BCUT2D eigenvalue weighted by atomic mass is 32.2. The Morgan fingerprint density at radius 1 is 0.800 bits per heavy atom. The first kappa shape index (κ1) is 29.0. The lowest BCUT2D eigenvalue weighted by molar-refractivity contribution is -0.353. The van der Waals surface area contributed by atoms with Gasteiger partial charge in [-0.15, -0.1) is 0 Å². The lowest BCUT2D eigenvalue weighted by Crippen LogP contribution is -2.55. The zero-order chi connectivity index (χ0) is 24.2. The minimum absolute atomic E-state index is 0.00926. The van der Waals surface area contributed by atoms with Crippen molar-refractivity contribution < 1.29 is 61.1 Å². The maximum atomic E-state index is 13.8. The van der Waals surface area contributed by atoms with E-state index in [1.165, 1.54) is 0 Å². The fourth-order valence-corrected chi connectivity index (χ4v) is 3.35. The summed E-state index contributed by atoms with van der Waals surface area (Å²) in [6.45, 7) is -0.285. The Bertz CT molecular complexity index is 628. The van der Waals surface area contributed by atoms with Gasteiger partial charge in [0.2, 0.25) is 15.9 Å². The molecule has 0 aromatic heterocycles. The number of halogens is 12. The standard InChI is InChI=1S/C13H18F12N2O2S/c14-9(15,2-5-30(28,29)27-4-1-3-26)6-8(11(17,18)19)7-10(16,12(20,21)22)13(23,24)25/h8,27H,1-7,26H2. The lowest BCUT2D eigenvalue weighted by Gasteiger charge is -2.34. The highest BCUT2D eigenvalue weighted by molar-refractivity contribution is 7.89. The van der Waals surface area contributed by atoms with Crippen molar-refractivity contribution in [3.8, 4) is 0 Å². The zero-order valence-corrected chi connectivity index (χ0v) is 15.7. The van der Waals surface area contributed by atoms with Gasteiger partial charge < -0.3 is 5.73 Å². The van der Waals surface area contributed by atoms with Crippen LogP contribution in [0.2, 0.25) is 0 Å². The molecule has 4 nitrogen and oxygen atoms in total. The van der Waals surface area contributed by atoms with Gasteiger partial charge in [0.15, 0.2) is 0 Å². The molecule has 0 radical (unpaired) electrons. The predicted molar refractivity (Wildman–Crippen MR) is 79.8 cm³/mol. The van der Waals surface area contributed by atoms with E-state index < -0.39 is 71.1 Å². The molecular weight excluding hydrogens is 476 g/mol. The van der Waals surface area contributed by atoms with Crippen LogP contribution in [0.3, 0.4) is 0 Å². The topological polar surface area (TPSA) is 72.2 Å². The van der Waals surface area contributed by atoms with E-state index in [1.807, 2.05) is 0 Å². The third-order valence-corrected chi connectivity index (χ3v) is 5.26. The van der Waals surface area contributed by atoms with Crippen LogP contribution in [0.25, 0.3) is 0 Å². The monoisotopic (exact) mass is 494 g/mol. The fraction of sp³-hybridized carbons (Fsp3) is 1.00. The van der Waals surface area contributed by atoms with Crippen molar-refractivity contribution >= 4 is 10.0 Å². The van der Waals surface area contributed by atoms with Gasteiger partial charge >= 0.3 is 18.5 Å². The first-order valence-corrected chi connectivity index (χ1v) is 9.67. The molecular formula is C13H18F12N2O2S. The molecule has 0 rings (SSSR count). The Morgan fingerprint density at radius 2 is 1.27 bits per heavy atom. The van der Waals surface area contributed by atoms with E-state index >= 15 is 0 Å². The second-order valence-corrected chi connectivity index (χ2v) is 8.33. The molecule has 1 unspecified atom stereocenters. The molecule has 182 valence electrons. The van der Waals surface area contributed by atoms with Gasteiger partial charge in [0, 0.05) is 25.8 Å². The summed E-state index contributed by atoms with van der Waals surface area (Å²) in [5.41, 5.74) is -1.34.